The molecule has 20 heavy (non-hydrogen) atoms. The van der Waals surface area contributed by atoms with Gasteiger partial charge >= 0.3 is 6.18 Å². The highest BCUT2D eigenvalue weighted by atomic mass is 19.4. The predicted octanol–water partition coefficient (Wildman–Crippen LogP) is 4.54. The maximum Gasteiger partial charge on any atom is 0.419 e. The molecular weight excluding hydrogens is 270 g/mol. The molecule has 2 atom stereocenters. The molecular formula is C15H19F4N. The van der Waals surface area contributed by atoms with Crippen molar-refractivity contribution in [2.45, 2.75) is 38.9 Å². The zero-order valence-corrected chi connectivity index (χ0v) is 11.6. The number of benzene rings is 1. The van der Waals surface area contributed by atoms with Crippen LogP contribution in [0.4, 0.5) is 17.6 Å². The summed E-state index contributed by atoms with van der Waals surface area (Å²) >= 11 is 0. The molecule has 1 aliphatic rings. The van der Waals surface area contributed by atoms with Crippen LogP contribution < -0.4 is 5.32 Å². The van der Waals surface area contributed by atoms with Gasteiger partial charge in [-0.25, -0.2) is 4.39 Å². The molecule has 5 heteroatoms. The van der Waals surface area contributed by atoms with E-state index in [2.05, 4.69) is 5.32 Å². The van der Waals surface area contributed by atoms with Crippen LogP contribution in [0, 0.1) is 17.7 Å². The van der Waals surface area contributed by atoms with E-state index >= 15 is 0 Å². The van der Waals surface area contributed by atoms with E-state index in [4.69, 9.17) is 0 Å². The second kappa shape index (κ2) is 5.72. The van der Waals surface area contributed by atoms with E-state index in [0.29, 0.717) is 18.0 Å². The number of hydrogen-bond acceptors (Lipinski definition) is 1. The van der Waals surface area contributed by atoms with Gasteiger partial charge in [-0.05, 0) is 48.9 Å². The monoisotopic (exact) mass is 289 g/mol. The Labute approximate surface area is 116 Å². The lowest BCUT2D eigenvalue weighted by molar-refractivity contribution is -0.140. The minimum Gasteiger partial charge on any atom is -0.310 e. The van der Waals surface area contributed by atoms with Gasteiger partial charge in [0, 0.05) is 6.04 Å². The topological polar surface area (TPSA) is 12.0 Å². The first-order valence-electron chi connectivity index (χ1n) is 6.94. The molecule has 0 saturated heterocycles. The minimum atomic E-state index is -4.65. The summed E-state index contributed by atoms with van der Waals surface area (Å²) < 4.78 is 51.7. The van der Waals surface area contributed by atoms with Crippen LogP contribution in [0.2, 0.25) is 0 Å². The maximum absolute atomic E-state index is 13.3. The molecule has 0 spiro atoms. The lowest BCUT2D eigenvalue weighted by atomic mass is 9.89. The SMILES string of the molecule is CCNC(c1ccc(F)c(C(F)(F)F)c1)C(C)C1CC1. The zero-order valence-electron chi connectivity index (χ0n) is 11.6. The van der Waals surface area contributed by atoms with Gasteiger partial charge in [0.05, 0.1) is 5.56 Å². The van der Waals surface area contributed by atoms with Crippen LogP contribution in [0.25, 0.3) is 0 Å². The van der Waals surface area contributed by atoms with E-state index in [-0.39, 0.29) is 12.0 Å². The highest BCUT2D eigenvalue weighted by Crippen LogP contribution is 2.43. The van der Waals surface area contributed by atoms with Gasteiger partial charge in [-0.2, -0.15) is 13.2 Å². The third-order valence-electron chi connectivity index (χ3n) is 3.97. The fourth-order valence-corrected chi connectivity index (χ4v) is 2.67. The number of nitrogens with one attached hydrogen (secondary N) is 1. The van der Waals surface area contributed by atoms with Gasteiger partial charge < -0.3 is 5.32 Å². The number of rotatable bonds is 5. The van der Waals surface area contributed by atoms with E-state index in [0.717, 1.165) is 25.0 Å². The predicted molar refractivity (Wildman–Crippen MR) is 69.7 cm³/mol. The van der Waals surface area contributed by atoms with E-state index in [1.54, 1.807) is 0 Å². The molecule has 0 aliphatic heterocycles. The first-order chi connectivity index (χ1) is 9.34. The summed E-state index contributed by atoms with van der Waals surface area (Å²) in [5.74, 6) is -0.407. The molecule has 1 fully saturated rings. The lowest BCUT2D eigenvalue weighted by Gasteiger charge is -2.26. The fourth-order valence-electron chi connectivity index (χ4n) is 2.67. The smallest absolute Gasteiger partial charge is 0.310 e. The second-order valence-electron chi connectivity index (χ2n) is 5.47. The molecule has 1 aliphatic carbocycles. The van der Waals surface area contributed by atoms with Gasteiger partial charge in [-0.3, -0.25) is 0 Å². The zero-order chi connectivity index (χ0) is 14.9. The van der Waals surface area contributed by atoms with Gasteiger partial charge in [0.25, 0.3) is 0 Å². The van der Waals surface area contributed by atoms with Crippen molar-refractivity contribution in [2.24, 2.45) is 11.8 Å². The molecule has 0 bridgehead atoms. The summed E-state index contributed by atoms with van der Waals surface area (Å²) in [6.45, 7) is 4.63. The Morgan fingerprint density at radius 3 is 2.45 bits per heavy atom. The molecule has 1 saturated carbocycles. The van der Waals surface area contributed by atoms with Crippen molar-refractivity contribution in [1.29, 1.82) is 0 Å². The van der Waals surface area contributed by atoms with Crippen molar-refractivity contribution >= 4 is 0 Å². The van der Waals surface area contributed by atoms with Crippen LogP contribution in [-0.4, -0.2) is 6.54 Å². The van der Waals surface area contributed by atoms with Crippen molar-refractivity contribution in [3.8, 4) is 0 Å². The summed E-state index contributed by atoms with van der Waals surface area (Å²) in [6.07, 6.45) is -2.41. The quantitative estimate of drug-likeness (QED) is 0.785. The van der Waals surface area contributed by atoms with Crippen LogP contribution in [0.3, 0.4) is 0 Å². The summed E-state index contributed by atoms with van der Waals surface area (Å²) in [7, 11) is 0. The summed E-state index contributed by atoms with van der Waals surface area (Å²) in [6, 6.07) is 3.16. The second-order valence-corrected chi connectivity index (χ2v) is 5.47. The maximum atomic E-state index is 13.3. The van der Waals surface area contributed by atoms with Crippen molar-refractivity contribution in [1.82, 2.24) is 5.32 Å². The molecule has 0 aromatic heterocycles. The molecule has 1 nitrogen and oxygen atoms in total. The van der Waals surface area contributed by atoms with Crippen molar-refractivity contribution in [3.63, 3.8) is 0 Å². The molecule has 0 radical (unpaired) electrons. The summed E-state index contributed by atoms with van der Waals surface area (Å²) in [5, 5.41) is 3.23. The van der Waals surface area contributed by atoms with E-state index < -0.39 is 17.6 Å². The normalized spacial score (nSPS) is 18.9. The Morgan fingerprint density at radius 1 is 1.30 bits per heavy atom. The number of alkyl halides is 3. The van der Waals surface area contributed by atoms with Gasteiger partial charge in [0.15, 0.2) is 0 Å². The Kier molecular flexibility index (Phi) is 4.37. The first kappa shape index (κ1) is 15.3. The van der Waals surface area contributed by atoms with Crippen LogP contribution >= 0.6 is 0 Å². The molecule has 1 N–H and O–H groups in total. The van der Waals surface area contributed by atoms with Crippen molar-refractivity contribution in [3.05, 3.63) is 35.1 Å². The average molecular weight is 289 g/mol. The van der Waals surface area contributed by atoms with Crippen LogP contribution in [0.5, 0.6) is 0 Å². The molecule has 0 heterocycles. The third-order valence-corrected chi connectivity index (χ3v) is 3.97. The largest absolute Gasteiger partial charge is 0.419 e. The van der Waals surface area contributed by atoms with Gasteiger partial charge in [-0.15, -0.1) is 0 Å². The van der Waals surface area contributed by atoms with Crippen LogP contribution in [0.1, 0.15) is 43.9 Å². The molecule has 2 rings (SSSR count). The average Bonchev–Trinajstić information content (AvgIpc) is 3.19. The van der Waals surface area contributed by atoms with Crippen LogP contribution in [-0.2, 0) is 6.18 Å². The van der Waals surface area contributed by atoms with Crippen molar-refractivity contribution < 1.29 is 17.6 Å². The molecule has 0 amide bonds. The Bertz CT molecular complexity index is 465. The number of hydrogen-bond donors (Lipinski definition) is 1. The van der Waals surface area contributed by atoms with Crippen LogP contribution in [0.15, 0.2) is 18.2 Å². The Hall–Kier alpha value is -1.10. The van der Waals surface area contributed by atoms with Gasteiger partial charge in [-0.1, -0.05) is 19.9 Å². The fraction of sp³-hybridized carbons (Fsp3) is 0.600. The summed E-state index contributed by atoms with van der Waals surface area (Å²) in [4.78, 5) is 0. The third kappa shape index (κ3) is 3.32. The van der Waals surface area contributed by atoms with E-state index in [1.165, 1.54) is 6.07 Å². The van der Waals surface area contributed by atoms with Gasteiger partial charge in [0.1, 0.15) is 5.82 Å². The van der Waals surface area contributed by atoms with Gasteiger partial charge in [0.2, 0.25) is 0 Å². The highest BCUT2D eigenvalue weighted by Gasteiger charge is 2.37. The lowest BCUT2D eigenvalue weighted by Crippen LogP contribution is -2.28. The van der Waals surface area contributed by atoms with E-state index in [1.807, 2.05) is 13.8 Å². The highest BCUT2D eigenvalue weighted by molar-refractivity contribution is 5.30. The minimum absolute atomic E-state index is 0.158. The first-order valence-corrected chi connectivity index (χ1v) is 6.94. The summed E-state index contributed by atoms with van der Waals surface area (Å²) in [5.41, 5.74) is -0.666. The molecule has 2 unspecified atom stereocenters. The van der Waals surface area contributed by atoms with E-state index in [9.17, 15) is 17.6 Å². The Morgan fingerprint density at radius 2 is 1.95 bits per heavy atom. The Balaban J connectivity index is 2.33. The standard InChI is InChI=1S/C15H19F4N/c1-3-20-14(9(2)10-4-5-10)11-6-7-13(16)12(8-11)15(17,18)19/h6-10,14,20H,3-5H2,1-2H3. The number of halogens is 4. The molecule has 1 aromatic rings. The van der Waals surface area contributed by atoms with Crippen molar-refractivity contribution in [2.75, 3.05) is 6.54 Å². The molecule has 1 aromatic carbocycles. The molecule has 112 valence electrons.